The maximum absolute atomic E-state index is 11.6. The van der Waals surface area contributed by atoms with Gasteiger partial charge in [0.2, 0.25) is 0 Å². The zero-order valence-electron chi connectivity index (χ0n) is 9.37. The molecule has 0 N–H and O–H groups in total. The molecule has 3 rings (SSSR count). The molecule has 0 aliphatic carbocycles. The van der Waals surface area contributed by atoms with Crippen LogP contribution in [0.1, 0.15) is 16.8 Å². The second-order valence-electron chi connectivity index (χ2n) is 4.30. The highest BCUT2D eigenvalue weighted by molar-refractivity contribution is 5.89. The first-order valence-corrected chi connectivity index (χ1v) is 5.84. The molecular formula is C13H14O4. The smallest absolute Gasteiger partial charge is 0.338 e. The van der Waals surface area contributed by atoms with Crippen molar-refractivity contribution in [2.45, 2.75) is 24.7 Å². The molecule has 0 radical (unpaired) electrons. The Labute approximate surface area is 99.5 Å². The maximum Gasteiger partial charge on any atom is 0.338 e. The first kappa shape index (κ1) is 10.7. The third-order valence-electron chi connectivity index (χ3n) is 3.11. The van der Waals surface area contributed by atoms with Gasteiger partial charge in [-0.3, -0.25) is 0 Å². The second kappa shape index (κ2) is 4.47. The summed E-state index contributed by atoms with van der Waals surface area (Å²) in [5.74, 6) is -0.281. The van der Waals surface area contributed by atoms with Crippen LogP contribution in [0.4, 0.5) is 0 Å². The van der Waals surface area contributed by atoms with Crippen molar-refractivity contribution < 1.29 is 19.0 Å². The SMILES string of the molecule is O=C(OCC[C@H]1OC[C@@H]2O[C@@H]21)c1ccccc1. The van der Waals surface area contributed by atoms with Crippen molar-refractivity contribution in [3.63, 3.8) is 0 Å². The van der Waals surface area contributed by atoms with Crippen LogP contribution in [0.15, 0.2) is 30.3 Å². The number of carbonyl (C=O) groups is 1. The molecular weight excluding hydrogens is 220 g/mol. The number of ether oxygens (including phenoxy) is 3. The fourth-order valence-electron chi connectivity index (χ4n) is 2.10. The van der Waals surface area contributed by atoms with Crippen molar-refractivity contribution in [1.82, 2.24) is 0 Å². The van der Waals surface area contributed by atoms with E-state index in [2.05, 4.69) is 0 Å². The van der Waals surface area contributed by atoms with Gasteiger partial charge in [0.15, 0.2) is 0 Å². The van der Waals surface area contributed by atoms with E-state index in [0.717, 1.165) is 0 Å². The molecule has 2 fully saturated rings. The minimum absolute atomic E-state index is 0.101. The summed E-state index contributed by atoms with van der Waals surface area (Å²) in [6, 6.07) is 9.00. The van der Waals surface area contributed by atoms with Gasteiger partial charge in [-0.1, -0.05) is 18.2 Å². The van der Waals surface area contributed by atoms with Gasteiger partial charge in [-0.25, -0.2) is 4.79 Å². The van der Waals surface area contributed by atoms with Gasteiger partial charge in [-0.05, 0) is 12.1 Å². The van der Waals surface area contributed by atoms with Crippen LogP contribution in [0.3, 0.4) is 0 Å². The predicted octanol–water partition coefficient (Wildman–Crippen LogP) is 1.40. The van der Waals surface area contributed by atoms with E-state index in [-0.39, 0.29) is 18.2 Å². The number of esters is 1. The van der Waals surface area contributed by atoms with Gasteiger partial charge in [-0.15, -0.1) is 0 Å². The van der Waals surface area contributed by atoms with E-state index >= 15 is 0 Å². The molecule has 1 aromatic carbocycles. The molecule has 2 heterocycles. The number of fused-ring (bicyclic) bond motifs is 1. The van der Waals surface area contributed by atoms with Gasteiger partial charge < -0.3 is 14.2 Å². The topological polar surface area (TPSA) is 48.1 Å². The number of carbonyl (C=O) groups excluding carboxylic acids is 1. The lowest BCUT2D eigenvalue weighted by molar-refractivity contribution is 0.00660. The fourth-order valence-corrected chi connectivity index (χ4v) is 2.10. The number of benzene rings is 1. The lowest BCUT2D eigenvalue weighted by Gasteiger charge is -2.11. The summed E-state index contributed by atoms with van der Waals surface area (Å²) in [6.07, 6.45) is 1.35. The van der Waals surface area contributed by atoms with E-state index in [1.165, 1.54) is 0 Å². The van der Waals surface area contributed by atoms with Gasteiger partial charge in [-0.2, -0.15) is 0 Å². The van der Waals surface area contributed by atoms with Crippen LogP contribution < -0.4 is 0 Å². The maximum atomic E-state index is 11.6. The van der Waals surface area contributed by atoms with Crippen LogP contribution in [-0.4, -0.2) is 37.5 Å². The molecule has 17 heavy (non-hydrogen) atoms. The Hall–Kier alpha value is -1.39. The Morgan fingerprint density at radius 1 is 1.35 bits per heavy atom. The number of epoxide rings is 1. The van der Waals surface area contributed by atoms with E-state index in [1.807, 2.05) is 18.2 Å². The van der Waals surface area contributed by atoms with E-state index in [1.54, 1.807) is 12.1 Å². The highest BCUT2D eigenvalue weighted by atomic mass is 16.7. The van der Waals surface area contributed by atoms with Gasteiger partial charge in [0.1, 0.15) is 12.2 Å². The first-order chi connectivity index (χ1) is 8.34. The molecule has 1 aromatic rings. The summed E-state index contributed by atoms with van der Waals surface area (Å²) in [5.41, 5.74) is 0.584. The summed E-state index contributed by atoms with van der Waals surface area (Å²) in [5, 5.41) is 0. The van der Waals surface area contributed by atoms with Gasteiger partial charge in [0.25, 0.3) is 0 Å². The molecule has 4 nitrogen and oxygen atoms in total. The van der Waals surface area contributed by atoms with Crippen molar-refractivity contribution in [3.8, 4) is 0 Å². The Kier molecular flexibility index (Phi) is 2.82. The summed E-state index contributed by atoms with van der Waals surface area (Å²) < 4.78 is 16.0. The van der Waals surface area contributed by atoms with Crippen molar-refractivity contribution in [2.24, 2.45) is 0 Å². The van der Waals surface area contributed by atoms with E-state index in [9.17, 15) is 4.79 Å². The van der Waals surface area contributed by atoms with Crippen molar-refractivity contribution in [3.05, 3.63) is 35.9 Å². The molecule has 4 heteroatoms. The summed E-state index contributed by atoms with van der Waals surface area (Å²) in [4.78, 5) is 11.6. The lowest BCUT2D eigenvalue weighted by atomic mass is 10.2. The summed E-state index contributed by atoms with van der Waals surface area (Å²) >= 11 is 0. The standard InChI is InChI=1S/C13H14O4/c14-13(9-4-2-1-3-5-9)15-7-6-10-12-11(17-12)8-16-10/h1-5,10-12H,6-8H2/t10-,11+,12-/m1/s1. The summed E-state index contributed by atoms with van der Waals surface area (Å²) in [6.45, 7) is 1.06. The van der Waals surface area contributed by atoms with Crippen molar-refractivity contribution in [2.75, 3.05) is 13.2 Å². The normalized spacial score (nSPS) is 29.8. The van der Waals surface area contributed by atoms with Gasteiger partial charge >= 0.3 is 5.97 Å². The van der Waals surface area contributed by atoms with Crippen molar-refractivity contribution >= 4 is 5.97 Å². The predicted molar refractivity (Wildman–Crippen MR) is 59.7 cm³/mol. The number of hydrogen-bond donors (Lipinski definition) is 0. The van der Waals surface area contributed by atoms with Crippen molar-refractivity contribution in [1.29, 1.82) is 0 Å². The van der Waals surface area contributed by atoms with Crippen LogP contribution in [-0.2, 0) is 14.2 Å². The Morgan fingerprint density at radius 2 is 2.18 bits per heavy atom. The van der Waals surface area contributed by atoms with E-state index in [0.29, 0.717) is 31.3 Å². The molecule has 0 amide bonds. The molecule has 2 aliphatic rings. The molecule has 90 valence electrons. The average molecular weight is 234 g/mol. The largest absolute Gasteiger partial charge is 0.462 e. The Bertz CT molecular complexity index is 403. The molecule has 0 unspecified atom stereocenters. The minimum atomic E-state index is -0.281. The molecule has 2 aliphatic heterocycles. The summed E-state index contributed by atoms with van der Waals surface area (Å²) in [7, 11) is 0. The lowest BCUT2D eigenvalue weighted by Crippen LogP contribution is -2.18. The first-order valence-electron chi connectivity index (χ1n) is 5.84. The number of hydrogen-bond acceptors (Lipinski definition) is 4. The third kappa shape index (κ3) is 2.33. The molecule has 2 saturated heterocycles. The highest BCUT2D eigenvalue weighted by Gasteiger charge is 2.51. The van der Waals surface area contributed by atoms with Crippen LogP contribution >= 0.6 is 0 Å². The number of rotatable bonds is 4. The van der Waals surface area contributed by atoms with Crippen LogP contribution in [0.25, 0.3) is 0 Å². The minimum Gasteiger partial charge on any atom is -0.462 e. The van der Waals surface area contributed by atoms with Gasteiger partial charge in [0.05, 0.1) is 24.9 Å². The monoisotopic (exact) mass is 234 g/mol. The van der Waals surface area contributed by atoms with E-state index < -0.39 is 0 Å². The molecule has 0 saturated carbocycles. The van der Waals surface area contributed by atoms with E-state index in [4.69, 9.17) is 14.2 Å². The Morgan fingerprint density at radius 3 is 2.82 bits per heavy atom. The average Bonchev–Trinajstić information content (AvgIpc) is 3.05. The van der Waals surface area contributed by atoms with Crippen LogP contribution in [0.5, 0.6) is 0 Å². The quantitative estimate of drug-likeness (QED) is 0.583. The highest BCUT2D eigenvalue weighted by Crippen LogP contribution is 2.35. The molecule has 0 spiro atoms. The van der Waals surface area contributed by atoms with Gasteiger partial charge in [0, 0.05) is 6.42 Å². The second-order valence-corrected chi connectivity index (χ2v) is 4.30. The zero-order chi connectivity index (χ0) is 11.7. The van der Waals surface area contributed by atoms with Crippen LogP contribution in [0, 0.1) is 0 Å². The third-order valence-corrected chi connectivity index (χ3v) is 3.11. The fraction of sp³-hybridized carbons (Fsp3) is 0.462. The van der Waals surface area contributed by atoms with Crippen LogP contribution in [0.2, 0.25) is 0 Å². The molecule has 3 atom stereocenters. The zero-order valence-corrected chi connectivity index (χ0v) is 9.37. The molecule has 0 aromatic heterocycles. The molecule has 0 bridgehead atoms. The Balaban J connectivity index is 1.43.